The van der Waals surface area contributed by atoms with Crippen molar-refractivity contribution in [3.05, 3.63) is 24.3 Å². The van der Waals surface area contributed by atoms with Crippen LogP contribution in [0.15, 0.2) is 24.3 Å². The molecule has 5 nitrogen and oxygen atoms in total. The molecule has 0 fully saturated rings. The summed E-state index contributed by atoms with van der Waals surface area (Å²) in [6.07, 6.45) is 0.473. The number of carboxylic acids is 1. The first-order chi connectivity index (χ1) is 9.26. The number of alkyl halides is 2. The SMILES string of the molecule is C=C(C)C(=O)OCCOC.C=C(CC(Br)CBr)C(=O)O. The van der Waals surface area contributed by atoms with Crippen molar-refractivity contribution in [2.75, 3.05) is 25.7 Å². The summed E-state index contributed by atoms with van der Waals surface area (Å²) in [6.45, 7) is 9.14. The van der Waals surface area contributed by atoms with Gasteiger partial charge in [-0.1, -0.05) is 45.0 Å². The van der Waals surface area contributed by atoms with E-state index in [1.807, 2.05) is 0 Å². The van der Waals surface area contributed by atoms with Gasteiger partial charge in [-0.2, -0.15) is 0 Å². The molecule has 1 atom stereocenters. The largest absolute Gasteiger partial charge is 0.478 e. The second kappa shape index (κ2) is 13.3. The molecule has 0 saturated heterocycles. The maximum absolute atomic E-state index is 10.6. The normalized spacial score (nSPS) is 10.8. The lowest BCUT2D eigenvalue weighted by Crippen LogP contribution is -2.09. The number of methoxy groups -OCH3 is 1. The third-order valence-electron chi connectivity index (χ3n) is 1.81. The van der Waals surface area contributed by atoms with E-state index in [1.165, 1.54) is 0 Å². The topological polar surface area (TPSA) is 72.8 Å². The van der Waals surface area contributed by atoms with Gasteiger partial charge >= 0.3 is 11.9 Å². The van der Waals surface area contributed by atoms with Gasteiger partial charge in [0.05, 0.1) is 6.61 Å². The molecule has 0 saturated carbocycles. The van der Waals surface area contributed by atoms with Crippen molar-refractivity contribution >= 4 is 43.8 Å². The molecule has 0 aliphatic carbocycles. The van der Waals surface area contributed by atoms with Crippen molar-refractivity contribution in [2.45, 2.75) is 18.2 Å². The molecule has 1 unspecified atom stereocenters. The van der Waals surface area contributed by atoms with Crippen molar-refractivity contribution in [1.29, 1.82) is 0 Å². The lowest BCUT2D eigenvalue weighted by Gasteiger charge is -2.03. The number of carbonyl (C=O) groups is 2. The zero-order chi connectivity index (χ0) is 16.1. The van der Waals surface area contributed by atoms with Gasteiger partial charge in [-0.3, -0.25) is 0 Å². The molecule has 0 spiro atoms. The van der Waals surface area contributed by atoms with Crippen LogP contribution in [0.3, 0.4) is 0 Å². The Morgan fingerprint density at radius 1 is 1.30 bits per heavy atom. The van der Waals surface area contributed by atoms with Crippen molar-refractivity contribution in [2.24, 2.45) is 0 Å². The van der Waals surface area contributed by atoms with Crippen molar-refractivity contribution in [3.8, 4) is 0 Å². The number of ether oxygens (including phenoxy) is 2. The molecule has 0 aliphatic heterocycles. The Hall–Kier alpha value is -0.660. The summed E-state index contributed by atoms with van der Waals surface area (Å²) in [4.78, 5) is 21.0. The third-order valence-corrected chi connectivity index (χ3v) is 4.10. The van der Waals surface area contributed by atoms with Gasteiger partial charge in [0.2, 0.25) is 0 Å². The van der Waals surface area contributed by atoms with E-state index < -0.39 is 5.97 Å². The zero-order valence-corrected chi connectivity index (χ0v) is 14.8. The van der Waals surface area contributed by atoms with Gasteiger partial charge in [-0.25, -0.2) is 9.59 Å². The van der Waals surface area contributed by atoms with E-state index >= 15 is 0 Å². The smallest absolute Gasteiger partial charge is 0.333 e. The van der Waals surface area contributed by atoms with Gasteiger partial charge in [0.25, 0.3) is 0 Å². The maximum atomic E-state index is 10.6. The summed E-state index contributed by atoms with van der Waals surface area (Å²) in [5.41, 5.74) is 0.650. The minimum Gasteiger partial charge on any atom is -0.478 e. The minimum atomic E-state index is -0.926. The van der Waals surface area contributed by atoms with Crippen molar-refractivity contribution in [1.82, 2.24) is 0 Å². The summed E-state index contributed by atoms with van der Waals surface area (Å²) in [6, 6.07) is 0. The van der Waals surface area contributed by atoms with Crippen molar-refractivity contribution < 1.29 is 24.2 Å². The summed E-state index contributed by atoms with van der Waals surface area (Å²) in [7, 11) is 1.55. The summed E-state index contributed by atoms with van der Waals surface area (Å²) in [5.74, 6) is -1.29. The van der Waals surface area contributed by atoms with Crippen LogP contribution in [-0.2, 0) is 19.1 Å². The number of carbonyl (C=O) groups excluding carboxylic acids is 1. The molecule has 0 rings (SSSR count). The molecule has 0 aromatic rings. The fourth-order valence-corrected chi connectivity index (χ4v) is 1.37. The van der Waals surface area contributed by atoms with E-state index in [9.17, 15) is 9.59 Å². The van der Waals surface area contributed by atoms with Gasteiger partial charge in [0, 0.05) is 28.4 Å². The van der Waals surface area contributed by atoms with Crippen LogP contribution in [0.2, 0.25) is 0 Å². The predicted molar refractivity (Wildman–Crippen MR) is 85.6 cm³/mol. The van der Waals surface area contributed by atoms with Crippen LogP contribution in [-0.4, -0.2) is 47.5 Å². The lowest BCUT2D eigenvalue weighted by atomic mass is 10.2. The number of hydrogen-bond acceptors (Lipinski definition) is 4. The molecular formula is C13H20Br2O5. The van der Waals surface area contributed by atoms with Crippen LogP contribution < -0.4 is 0 Å². The minimum absolute atomic E-state index is 0.163. The number of hydrogen-bond donors (Lipinski definition) is 1. The van der Waals surface area contributed by atoms with E-state index in [-0.39, 0.29) is 16.4 Å². The molecule has 7 heteroatoms. The third kappa shape index (κ3) is 13.8. The number of rotatable bonds is 8. The van der Waals surface area contributed by atoms with Crippen LogP contribution in [0.1, 0.15) is 13.3 Å². The van der Waals surface area contributed by atoms with Gasteiger partial charge < -0.3 is 14.6 Å². The van der Waals surface area contributed by atoms with E-state index in [0.717, 1.165) is 5.33 Å². The molecule has 0 radical (unpaired) electrons. The highest BCUT2D eigenvalue weighted by atomic mass is 79.9. The van der Waals surface area contributed by atoms with Gasteiger partial charge in [-0.05, 0) is 13.3 Å². The highest BCUT2D eigenvalue weighted by Gasteiger charge is 2.09. The Morgan fingerprint density at radius 2 is 1.85 bits per heavy atom. The first-order valence-corrected chi connectivity index (χ1v) is 7.72. The highest BCUT2D eigenvalue weighted by molar-refractivity contribution is 9.12. The fourth-order valence-electron chi connectivity index (χ4n) is 0.750. The molecule has 0 bridgehead atoms. The molecular weight excluding hydrogens is 396 g/mol. The molecule has 0 aromatic carbocycles. The number of halogens is 2. The average Bonchev–Trinajstić information content (AvgIpc) is 2.39. The second-order valence-electron chi connectivity index (χ2n) is 3.77. The highest BCUT2D eigenvalue weighted by Crippen LogP contribution is 2.13. The first-order valence-electron chi connectivity index (χ1n) is 5.68. The molecule has 20 heavy (non-hydrogen) atoms. The van der Waals surface area contributed by atoms with Crippen molar-refractivity contribution in [3.63, 3.8) is 0 Å². The summed E-state index contributed by atoms with van der Waals surface area (Å²) < 4.78 is 9.35. The predicted octanol–water partition coefficient (Wildman–Crippen LogP) is 2.93. The second-order valence-corrected chi connectivity index (χ2v) is 5.72. The number of aliphatic carboxylic acids is 1. The lowest BCUT2D eigenvalue weighted by molar-refractivity contribution is -0.140. The molecule has 0 heterocycles. The zero-order valence-electron chi connectivity index (χ0n) is 11.7. The molecule has 1 N–H and O–H groups in total. The average molecular weight is 416 g/mol. The van der Waals surface area contributed by atoms with Gasteiger partial charge in [0.1, 0.15) is 6.61 Å². The Labute approximate surface area is 136 Å². The van der Waals surface area contributed by atoms with Gasteiger partial charge in [-0.15, -0.1) is 0 Å². The van der Waals surface area contributed by atoms with Crippen LogP contribution in [0.25, 0.3) is 0 Å². The Morgan fingerprint density at radius 3 is 2.20 bits per heavy atom. The number of esters is 1. The Kier molecular flexibility index (Phi) is 14.4. The van der Waals surface area contributed by atoms with E-state index in [4.69, 9.17) is 5.11 Å². The molecule has 0 aromatic heterocycles. The monoisotopic (exact) mass is 414 g/mol. The summed E-state index contributed by atoms with van der Waals surface area (Å²) >= 11 is 6.49. The Bertz CT molecular complexity index is 342. The molecule has 116 valence electrons. The standard InChI is InChI=1S/C7H12O3.C6H8Br2O2/c1-6(2)7(8)10-5-4-9-3;1-4(6(9)10)2-5(8)3-7/h1,4-5H2,2-3H3;5H,1-3H2,(H,9,10). The Balaban J connectivity index is 0. The van der Waals surface area contributed by atoms with Gasteiger partial charge in [0.15, 0.2) is 0 Å². The maximum Gasteiger partial charge on any atom is 0.333 e. The van der Waals surface area contributed by atoms with Crippen LogP contribution in [0.4, 0.5) is 0 Å². The number of carboxylic acid groups (broad SMARTS) is 1. The molecule has 0 amide bonds. The van der Waals surface area contributed by atoms with E-state index in [0.29, 0.717) is 25.2 Å². The summed E-state index contributed by atoms with van der Waals surface area (Å²) in [5, 5.41) is 9.13. The quantitative estimate of drug-likeness (QED) is 0.285. The first kappa shape index (κ1) is 21.6. The van der Waals surface area contributed by atoms with E-state index in [1.54, 1.807) is 14.0 Å². The van der Waals surface area contributed by atoms with Crippen LogP contribution in [0.5, 0.6) is 0 Å². The van der Waals surface area contributed by atoms with Crippen LogP contribution in [0, 0.1) is 0 Å². The molecule has 0 aliphatic rings. The fraction of sp³-hybridized carbons (Fsp3) is 0.538. The van der Waals surface area contributed by atoms with E-state index in [2.05, 4.69) is 54.5 Å². The van der Waals surface area contributed by atoms with Crippen LogP contribution >= 0.6 is 31.9 Å².